The van der Waals surface area contributed by atoms with Gasteiger partial charge in [0.25, 0.3) is 10.0 Å². The number of hydrazine groups is 1. The highest BCUT2D eigenvalue weighted by molar-refractivity contribution is 7.89. The lowest BCUT2D eigenvalue weighted by molar-refractivity contribution is -0.119. The van der Waals surface area contributed by atoms with Crippen LogP contribution in [0.1, 0.15) is 25.3 Å². The first kappa shape index (κ1) is 27.3. The van der Waals surface area contributed by atoms with Gasteiger partial charge in [0.2, 0.25) is 5.91 Å². The largest absolute Gasteiger partial charge is 0.442 e. The van der Waals surface area contributed by atoms with Crippen LogP contribution >= 0.6 is 0 Å². The predicted octanol–water partition coefficient (Wildman–Crippen LogP) is 2.29. The molecule has 2 saturated heterocycles. The molecule has 11 nitrogen and oxygen atoms in total. The SMILES string of the molecule is [C-]#[N+]C1(NNS(=O)(=O)c2ccc(C)cc2)CCN(c2ccc(N3C[C@H](CNC(C)=O)OC3=O)cc2F)CC1. The molecule has 0 radical (unpaired) electrons. The van der Waals surface area contributed by atoms with Crippen LogP contribution in [-0.2, 0) is 19.6 Å². The molecule has 0 saturated carbocycles. The molecule has 0 aliphatic carbocycles. The molecule has 0 bridgehead atoms. The Morgan fingerprint density at radius 2 is 1.89 bits per heavy atom. The first-order chi connectivity index (χ1) is 18.0. The van der Waals surface area contributed by atoms with E-state index in [2.05, 4.69) is 20.4 Å². The van der Waals surface area contributed by atoms with Gasteiger partial charge in [-0.05, 0) is 37.3 Å². The molecule has 3 N–H and O–H groups in total. The second-order valence-corrected chi connectivity index (χ2v) is 11.0. The average molecular weight is 545 g/mol. The number of amides is 2. The van der Waals surface area contributed by atoms with Crippen LogP contribution in [0.15, 0.2) is 47.4 Å². The lowest BCUT2D eigenvalue weighted by Crippen LogP contribution is -2.57. The van der Waals surface area contributed by atoms with Crippen molar-refractivity contribution in [3.05, 3.63) is 65.3 Å². The number of hydrogen-bond donors (Lipinski definition) is 3. The van der Waals surface area contributed by atoms with Crippen LogP contribution < -0.4 is 25.4 Å². The Kier molecular flexibility index (Phi) is 7.86. The van der Waals surface area contributed by atoms with Gasteiger partial charge in [-0.1, -0.05) is 17.7 Å². The minimum absolute atomic E-state index is 0.0821. The average Bonchev–Trinajstić information content (AvgIpc) is 3.27. The van der Waals surface area contributed by atoms with Crippen LogP contribution in [0.4, 0.5) is 20.6 Å². The number of aryl methyl sites for hydroxylation is 1. The number of halogens is 1. The van der Waals surface area contributed by atoms with E-state index in [4.69, 9.17) is 11.3 Å². The second kappa shape index (κ2) is 10.9. The van der Waals surface area contributed by atoms with Gasteiger partial charge in [0.05, 0.1) is 42.2 Å². The topological polar surface area (TPSA) is 124 Å². The zero-order valence-corrected chi connectivity index (χ0v) is 21.8. The van der Waals surface area contributed by atoms with Gasteiger partial charge in [0.1, 0.15) is 11.9 Å². The molecule has 4 rings (SSSR count). The summed E-state index contributed by atoms with van der Waals surface area (Å²) in [6.07, 6.45) is -0.658. The molecule has 1 atom stereocenters. The molecular formula is C25H29FN6O5S. The maximum atomic E-state index is 15.1. The molecule has 0 unspecified atom stereocenters. The van der Waals surface area contributed by atoms with Crippen LogP contribution in [0, 0.1) is 19.3 Å². The third-order valence-electron chi connectivity index (χ3n) is 6.59. The summed E-state index contributed by atoms with van der Waals surface area (Å²) in [5.41, 5.74) is 3.10. The standard InChI is InChI=1S/C25H29FN6O5S/c1-17-4-7-21(8-5-17)38(35,36)30-29-25(27-3)10-12-31(13-11-25)23-9-6-19(14-22(23)26)32-16-20(37-24(32)34)15-28-18(2)33/h4-9,14,20,29-30H,10-13,15-16H2,1-2H3,(H,28,33)/t20-/m0/s1. The monoisotopic (exact) mass is 544 g/mol. The lowest BCUT2D eigenvalue weighted by atomic mass is 9.98. The van der Waals surface area contributed by atoms with Crippen molar-refractivity contribution in [1.82, 2.24) is 15.6 Å². The number of carbonyl (C=O) groups is 2. The number of ether oxygens (including phenoxy) is 1. The van der Waals surface area contributed by atoms with Crippen LogP contribution in [0.3, 0.4) is 0 Å². The number of benzene rings is 2. The van der Waals surface area contributed by atoms with Gasteiger partial charge in [0, 0.05) is 20.0 Å². The van der Waals surface area contributed by atoms with Crippen molar-refractivity contribution in [2.45, 2.75) is 43.4 Å². The van der Waals surface area contributed by atoms with Gasteiger partial charge in [0.15, 0.2) is 0 Å². The van der Waals surface area contributed by atoms with Gasteiger partial charge in [-0.25, -0.2) is 24.2 Å². The van der Waals surface area contributed by atoms with Crippen molar-refractivity contribution in [2.75, 3.05) is 36.0 Å². The summed E-state index contributed by atoms with van der Waals surface area (Å²) < 4.78 is 45.6. The summed E-state index contributed by atoms with van der Waals surface area (Å²) in [5.74, 6) is -0.776. The smallest absolute Gasteiger partial charge is 0.414 e. The molecule has 2 fully saturated rings. The molecule has 2 aliphatic heterocycles. The van der Waals surface area contributed by atoms with E-state index in [0.717, 1.165) is 5.56 Å². The lowest BCUT2D eigenvalue weighted by Gasteiger charge is -2.35. The van der Waals surface area contributed by atoms with Gasteiger partial charge in [-0.3, -0.25) is 14.5 Å². The Hall–Kier alpha value is -3.73. The van der Waals surface area contributed by atoms with E-state index in [1.807, 2.05) is 6.92 Å². The normalized spacial score (nSPS) is 19.1. The number of nitrogens with zero attached hydrogens (tertiary/aromatic N) is 3. The number of anilines is 2. The Morgan fingerprint density at radius 1 is 1.21 bits per heavy atom. The summed E-state index contributed by atoms with van der Waals surface area (Å²) in [6.45, 7) is 11.9. The molecule has 0 aromatic heterocycles. The maximum Gasteiger partial charge on any atom is 0.414 e. The van der Waals surface area contributed by atoms with Crippen molar-refractivity contribution >= 4 is 33.4 Å². The van der Waals surface area contributed by atoms with Crippen molar-refractivity contribution in [1.29, 1.82) is 0 Å². The minimum atomic E-state index is -3.87. The fourth-order valence-corrected chi connectivity index (χ4v) is 5.27. The fraction of sp³-hybridized carbons (Fsp3) is 0.400. The number of piperidine rings is 1. The van der Waals surface area contributed by atoms with E-state index in [-0.39, 0.29) is 36.7 Å². The number of sulfonamides is 1. The highest BCUT2D eigenvalue weighted by Gasteiger charge is 2.42. The first-order valence-corrected chi connectivity index (χ1v) is 13.5. The number of rotatable bonds is 8. The Balaban J connectivity index is 1.37. The molecule has 2 amide bonds. The zero-order chi connectivity index (χ0) is 27.5. The molecule has 13 heteroatoms. The van der Waals surface area contributed by atoms with Gasteiger partial charge < -0.3 is 15.0 Å². The summed E-state index contributed by atoms with van der Waals surface area (Å²) in [4.78, 5) is 32.5. The zero-order valence-electron chi connectivity index (χ0n) is 21.0. The number of hydrogen-bond acceptors (Lipinski definition) is 7. The van der Waals surface area contributed by atoms with E-state index in [1.165, 1.54) is 30.0 Å². The van der Waals surface area contributed by atoms with Crippen LogP contribution in [-0.4, -0.2) is 58.4 Å². The van der Waals surface area contributed by atoms with E-state index >= 15 is 4.39 Å². The summed E-state index contributed by atoms with van der Waals surface area (Å²) >= 11 is 0. The quantitative estimate of drug-likeness (QED) is 0.344. The van der Waals surface area contributed by atoms with Gasteiger partial charge in [-0.15, -0.1) is 4.83 Å². The van der Waals surface area contributed by atoms with E-state index in [1.54, 1.807) is 29.2 Å². The van der Waals surface area contributed by atoms with Gasteiger partial charge >= 0.3 is 11.8 Å². The Morgan fingerprint density at radius 3 is 2.50 bits per heavy atom. The van der Waals surface area contributed by atoms with Gasteiger partial charge in [-0.2, -0.15) is 5.43 Å². The molecule has 2 aromatic rings. The van der Waals surface area contributed by atoms with E-state index in [0.29, 0.717) is 24.5 Å². The molecule has 2 heterocycles. The number of carbonyl (C=O) groups excluding carboxylic acids is 2. The van der Waals surface area contributed by atoms with Crippen molar-refractivity contribution in [3.8, 4) is 0 Å². The molecule has 0 spiro atoms. The summed E-state index contributed by atoms with van der Waals surface area (Å²) in [5, 5.41) is 2.59. The molecule has 2 aliphatic rings. The molecule has 2 aromatic carbocycles. The highest BCUT2D eigenvalue weighted by Crippen LogP contribution is 2.32. The van der Waals surface area contributed by atoms with Crippen LogP contribution in [0.5, 0.6) is 0 Å². The number of cyclic esters (lactones) is 1. The summed E-state index contributed by atoms with van der Waals surface area (Å²) in [7, 11) is -3.87. The van der Waals surface area contributed by atoms with E-state index in [9.17, 15) is 18.0 Å². The molecular weight excluding hydrogens is 515 g/mol. The Bertz CT molecular complexity index is 1350. The second-order valence-electron chi connectivity index (χ2n) is 9.36. The molecule has 38 heavy (non-hydrogen) atoms. The minimum Gasteiger partial charge on any atom is -0.442 e. The highest BCUT2D eigenvalue weighted by atomic mass is 32.2. The van der Waals surface area contributed by atoms with Crippen LogP contribution in [0.25, 0.3) is 4.85 Å². The number of nitrogens with one attached hydrogen (secondary N) is 3. The van der Waals surface area contributed by atoms with Crippen LogP contribution in [0.2, 0.25) is 0 Å². The van der Waals surface area contributed by atoms with E-state index < -0.39 is 33.7 Å². The summed E-state index contributed by atoms with van der Waals surface area (Å²) in [6, 6.07) is 10.8. The fourth-order valence-electron chi connectivity index (χ4n) is 4.34. The van der Waals surface area contributed by atoms with Crippen molar-refractivity contribution in [3.63, 3.8) is 0 Å². The Labute approximate surface area is 220 Å². The third-order valence-corrected chi connectivity index (χ3v) is 7.85. The maximum absolute atomic E-state index is 15.1. The van der Waals surface area contributed by atoms with Crippen molar-refractivity contribution < 1.29 is 27.1 Å². The van der Waals surface area contributed by atoms with Crippen molar-refractivity contribution in [2.24, 2.45) is 0 Å². The predicted molar refractivity (Wildman–Crippen MR) is 138 cm³/mol. The third kappa shape index (κ3) is 6.04. The molecule has 202 valence electrons. The first-order valence-electron chi connectivity index (χ1n) is 12.0.